The molecule has 58 valence electrons. The summed E-state index contributed by atoms with van der Waals surface area (Å²) in [6, 6.07) is 0.125. The number of rotatable bonds is 2. The van der Waals surface area contributed by atoms with Crippen molar-refractivity contribution in [1.82, 2.24) is 5.32 Å². The van der Waals surface area contributed by atoms with Crippen LogP contribution >= 0.6 is 0 Å². The number of nitrogens with one attached hydrogen (secondary N) is 1. The van der Waals surface area contributed by atoms with Crippen molar-refractivity contribution in [3.8, 4) is 0 Å². The van der Waals surface area contributed by atoms with Crippen molar-refractivity contribution >= 4 is 5.91 Å². The van der Waals surface area contributed by atoms with E-state index in [1.54, 1.807) is 0 Å². The van der Waals surface area contributed by atoms with E-state index in [2.05, 4.69) is 5.32 Å². The standard InChI is InChI=1S/C7H12FNO/c1-4(2)9-7(10)5-3-6(5)8/h4-6H,3H2,1-2H3,(H,9,10)/t5?,6-/m0/s1. The quantitative estimate of drug-likeness (QED) is 0.613. The Labute approximate surface area is 59.8 Å². The fourth-order valence-corrected chi connectivity index (χ4v) is 0.827. The topological polar surface area (TPSA) is 29.1 Å². The Balaban J connectivity index is 2.23. The average Bonchev–Trinajstić information content (AvgIpc) is 2.44. The highest BCUT2D eigenvalue weighted by molar-refractivity contribution is 5.82. The Kier molecular flexibility index (Phi) is 1.92. The molecule has 0 spiro atoms. The van der Waals surface area contributed by atoms with Gasteiger partial charge in [0, 0.05) is 6.04 Å². The van der Waals surface area contributed by atoms with Crippen LogP contribution in [0.15, 0.2) is 0 Å². The maximum absolute atomic E-state index is 12.2. The molecule has 0 aromatic rings. The van der Waals surface area contributed by atoms with E-state index in [9.17, 15) is 9.18 Å². The molecule has 10 heavy (non-hydrogen) atoms. The molecule has 0 aromatic carbocycles. The predicted octanol–water partition coefficient (Wildman–Crippen LogP) is 0.869. The van der Waals surface area contributed by atoms with Crippen LogP contribution in [0.3, 0.4) is 0 Å². The number of hydrogen-bond donors (Lipinski definition) is 1. The molecule has 2 atom stereocenters. The van der Waals surface area contributed by atoms with Crippen molar-refractivity contribution in [2.75, 3.05) is 0 Å². The number of carbonyl (C=O) groups is 1. The Morgan fingerprint density at radius 2 is 2.20 bits per heavy atom. The van der Waals surface area contributed by atoms with E-state index in [4.69, 9.17) is 0 Å². The Hall–Kier alpha value is -0.600. The first-order chi connectivity index (χ1) is 4.61. The zero-order valence-corrected chi connectivity index (χ0v) is 6.23. The monoisotopic (exact) mass is 145 g/mol. The minimum absolute atomic E-state index is 0.125. The van der Waals surface area contributed by atoms with Crippen LogP contribution in [0.4, 0.5) is 4.39 Å². The summed E-state index contributed by atoms with van der Waals surface area (Å²) in [7, 11) is 0. The van der Waals surface area contributed by atoms with Crippen LogP contribution in [0, 0.1) is 5.92 Å². The highest BCUT2D eigenvalue weighted by Gasteiger charge is 2.43. The highest BCUT2D eigenvalue weighted by Crippen LogP contribution is 2.33. The molecule has 1 rings (SSSR count). The number of carbonyl (C=O) groups excluding carboxylic acids is 1. The highest BCUT2D eigenvalue weighted by atomic mass is 19.1. The van der Waals surface area contributed by atoms with Gasteiger partial charge < -0.3 is 5.32 Å². The molecule has 1 N–H and O–H groups in total. The van der Waals surface area contributed by atoms with Crippen molar-refractivity contribution in [2.24, 2.45) is 5.92 Å². The van der Waals surface area contributed by atoms with Gasteiger partial charge in [0.05, 0.1) is 5.92 Å². The molecular formula is C7H12FNO. The molecular weight excluding hydrogens is 133 g/mol. The molecule has 3 heteroatoms. The first-order valence-corrected chi connectivity index (χ1v) is 3.55. The van der Waals surface area contributed by atoms with Gasteiger partial charge in [-0.2, -0.15) is 0 Å². The van der Waals surface area contributed by atoms with Crippen molar-refractivity contribution < 1.29 is 9.18 Å². The van der Waals surface area contributed by atoms with E-state index in [0.717, 1.165) is 0 Å². The molecule has 1 amide bonds. The van der Waals surface area contributed by atoms with Crippen molar-refractivity contribution in [3.63, 3.8) is 0 Å². The molecule has 0 radical (unpaired) electrons. The zero-order valence-electron chi connectivity index (χ0n) is 6.23. The van der Waals surface area contributed by atoms with Gasteiger partial charge in [-0.05, 0) is 20.3 Å². The minimum atomic E-state index is -0.876. The van der Waals surface area contributed by atoms with Gasteiger partial charge in [0.1, 0.15) is 6.17 Å². The smallest absolute Gasteiger partial charge is 0.226 e. The lowest BCUT2D eigenvalue weighted by atomic mass is 10.3. The summed E-state index contributed by atoms with van der Waals surface area (Å²) in [5.74, 6) is -0.482. The van der Waals surface area contributed by atoms with Gasteiger partial charge in [0.25, 0.3) is 0 Å². The van der Waals surface area contributed by atoms with Gasteiger partial charge in [0.15, 0.2) is 0 Å². The minimum Gasteiger partial charge on any atom is -0.354 e. The van der Waals surface area contributed by atoms with Gasteiger partial charge in [-0.3, -0.25) is 4.79 Å². The predicted molar refractivity (Wildman–Crippen MR) is 36.3 cm³/mol. The van der Waals surface area contributed by atoms with E-state index in [1.165, 1.54) is 0 Å². The SMILES string of the molecule is CC(C)NC(=O)C1C[C@@H]1F. The summed E-state index contributed by atoms with van der Waals surface area (Å²) in [6.45, 7) is 3.74. The van der Waals surface area contributed by atoms with Crippen LogP contribution in [-0.2, 0) is 4.79 Å². The zero-order chi connectivity index (χ0) is 7.72. The third-order valence-electron chi connectivity index (χ3n) is 1.48. The lowest BCUT2D eigenvalue weighted by molar-refractivity contribution is -0.123. The van der Waals surface area contributed by atoms with Gasteiger partial charge >= 0.3 is 0 Å². The van der Waals surface area contributed by atoms with Crippen LogP contribution in [0.5, 0.6) is 0 Å². The molecule has 1 unspecified atom stereocenters. The average molecular weight is 145 g/mol. The summed E-state index contributed by atoms with van der Waals surface area (Å²) < 4.78 is 12.2. The second-order valence-corrected chi connectivity index (χ2v) is 3.02. The molecule has 0 aromatic heterocycles. The van der Waals surface area contributed by atoms with Crippen molar-refractivity contribution in [1.29, 1.82) is 0 Å². The lowest BCUT2D eigenvalue weighted by Crippen LogP contribution is -2.31. The van der Waals surface area contributed by atoms with Gasteiger partial charge in [-0.25, -0.2) is 4.39 Å². The Morgan fingerprint density at radius 3 is 2.50 bits per heavy atom. The van der Waals surface area contributed by atoms with Crippen LogP contribution in [0.1, 0.15) is 20.3 Å². The maximum atomic E-state index is 12.2. The normalized spacial score (nSPS) is 30.4. The van der Waals surface area contributed by atoms with Gasteiger partial charge in [0.2, 0.25) is 5.91 Å². The van der Waals surface area contributed by atoms with E-state index in [0.29, 0.717) is 6.42 Å². The van der Waals surface area contributed by atoms with Crippen LogP contribution in [-0.4, -0.2) is 18.1 Å². The first-order valence-electron chi connectivity index (χ1n) is 3.55. The molecule has 0 bridgehead atoms. The number of amides is 1. The Bertz CT molecular complexity index is 147. The van der Waals surface area contributed by atoms with E-state index < -0.39 is 6.17 Å². The molecule has 1 aliphatic rings. The molecule has 0 aliphatic heterocycles. The fraction of sp³-hybridized carbons (Fsp3) is 0.857. The molecule has 0 saturated heterocycles. The summed E-state index contributed by atoms with van der Waals surface area (Å²) >= 11 is 0. The van der Waals surface area contributed by atoms with E-state index in [-0.39, 0.29) is 17.9 Å². The van der Waals surface area contributed by atoms with Crippen LogP contribution < -0.4 is 5.32 Å². The lowest BCUT2D eigenvalue weighted by Gasteiger charge is -2.05. The number of hydrogen-bond acceptors (Lipinski definition) is 1. The molecule has 1 fully saturated rings. The summed E-state index contributed by atoms with van der Waals surface area (Å²) in [6.07, 6.45) is -0.461. The fourth-order valence-electron chi connectivity index (χ4n) is 0.827. The Morgan fingerprint density at radius 1 is 1.70 bits per heavy atom. The molecule has 2 nitrogen and oxygen atoms in total. The molecule has 1 saturated carbocycles. The van der Waals surface area contributed by atoms with Crippen molar-refractivity contribution in [3.05, 3.63) is 0 Å². The summed E-state index contributed by atoms with van der Waals surface area (Å²) in [5, 5.41) is 2.66. The first kappa shape index (κ1) is 7.51. The summed E-state index contributed by atoms with van der Waals surface area (Å²) in [4.78, 5) is 10.9. The van der Waals surface area contributed by atoms with Gasteiger partial charge in [-0.1, -0.05) is 0 Å². The number of alkyl halides is 1. The second kappa shape index (κ2) is 2.56. The largest absolute Gasteiger partial charge is 0.354 e. The second-order valence-electron chi connectivity index (χ2n) is 3.02. The van der Waals surface area contributed by atoms with Crippen LogP contribution in [0.2, 0.25) is 0 Å². The third kappa shape index (κ3) is 1.69. The van der Waals surface area contributed by atoms with Crippen molar-refractivity contribution in [2.45, 2.75) is 32.5 Å². The molecule has 0 heterocycles. The van der Waals surface area contributed by atoms with Crippen LogP contribution in [0.25, 0.3) is 0 Å². The number of halogens is 1. The van der Waals surface area contributed by atoms with E-state index in [1.807, 2.05) is 13.8 Å². The van der Waals surface area contributed by atoms with Gasteiger partial charge in [-0.15, -0.1) is 0 Å². The van der Waals surface area contributed by atoms with E-state index >= 15 is 0 Å². The summed E-state index contributed by atoms with van der Waals surface area (Å²) in [5.41, 5.74) is 0. The maximum Gasteiger partial charge on any atom is 0.226 e. The molecule has 1 aliphatic carbocycles. The third-order valence-corrected chi connectivity index (χ3v) is 1.48.